The fourth-order valence-electron chi connectivity index (χ4n) is 2.00. The number of hydrogen-bond donors (Lipinski definition) is 0. The van der Waals surface area contributed by atoms with Gasteiger partial charge in [0.2, 0.25) is 0 Å². The molecule has 1 aromatic heterocycles. The molecule has 4 nitrogen and oxygen atoms in total. The van der Waals surface area contributed by atoms with E-state index in [9.17, 15) is 4.79 Å². The zero-order valence-corrected chi connectivity index (χ0v) is 12.7. The van der Waals surface area contributed by atoms with E-state index < -0.39 is 0 Å². The van der Waals surface area contributed by atoms with Gasteiger partial charge in [0, 0.05) is 20.7 Å². The van der Waals surface area contributed by atoms with Gasteiger partial charge in [0.15, 0.2) is 11.4 Å². The molecule has 0 amide bonds. The van der Waals surface area contributed by atoms with E-state index in [0.717, 1.165) is 18.0 Å². The van der Waals surface area contributed by atoms with Crippen molar-refractivity contribution in [1.82, 2.24) is 4.98 Å². The van der Waals surface area contributed by atoms with Gasteiger partial charge in [-0.3, -0.25) is 4.79 Å². The Bertz CT molecular complexity index is 595. The number of aldehydes is 1. The quantitative estimate of drug-likeness (QED) is 0.767. The minimum Gasteiger partial charge on any atom is -0.378 e. The first-order valence-corrected chi connectivity index (χ1v) is 7.16. The zero-order chi connectivity index (χ0) is 14.5. The van der Waals surface area contributed by atoms with E-state index in [0.29, 0.717) is 17.2 Å². The summed E-state index contributed by atoms with van der Waals surface area (Å²) in [6, 6.07) is 8.37. The lowest BCUT2D eigenvalue weighted by molar-refractivity contribution is 0.112. The average Bonchev–Trinajstić information content (AvgIpc) is 2.82. The Balaban J connectivity index is 2.16. The maximum Gasteiger partial charge on any atom is 0.186 e. The van der Waals surface area contributed by atoms with E-state index in [1.807, 2.05) is 18.0 Å². The van der Waals surface area contributed by atoms with Gasteiger partial charge >= 0.3 is 0 Å². The molecule has 106 valence electrons. The minimum absolute atomic E-state index is 0.364. The molecule has 0 aliphatic rings. The van der Waals surface area contributed by atoms with Gasteiger partial charge in [-0.25, -0.2) is 4.98 Å². The van der Waals surface area contributed by atoms with Crippen LogP contribution < -0.4 is 4.90 Å². The number of anilines is 1. The van der Waals surface area contributed by atoms with Crippen LogP contribution in [0, 0.1) is 6.92 Å². The number of hydrogen-bond acceptors (Lipinski definition) is 5. The van der Waals surface area contributed by atoms with Crippen LogP contribution in [0.4, 0.5) is 5.13 Å². The van der Waals surface area contributed by atoms with Crippen LogP contribution in [0.25, 0.3) is 0 Å². The third-order valence-corrected chi connectivity index (χ3v) is 4.07. The highest BCUT2D eigenvalue weighted by atomic mass is 32.1. The Morgan fingerprint density at radius 1 is 1.45 bits per heavy atom. The van der Waals surface area contributed by atoms with E-state index in [1.165, 1.54) is 22.5 Å². The number of aromatic nitrogens is 1. The van der Waals surface area contributed by atoms with Crippen LogP contribution in [-0.2, 0) is 17.9 Å². The summed E-state index contributed by atoms with van der Waals surface area (Å²) in [5.41, 5.74) is 3.17. The van der Waals surface area contributed by atoms with Crippen LogP contribution in [0.2, 0.25) is 0 Å². The highest BCUT2D eigenvalue weighted by molar-refractivity contribution is 7.17. The lowest BCUT2D eigenvalue weighted by Gasteiger charge is -2.15. The Morgan fingerprint density at radius 3 is 2.90 bits per heavy atom. The van der Waals surface area contributed by atoms with Gasteiger partial charge in [0.05, 0.1) is 17.2 Å². The second kappa shape index (κ2) is 6.63. The predicted molar refractivity (Wildman–Crippen MR) is 81.5 cm³/mol. The number of benzene rings is 1. The smallest absolute Gasteiger partial charge is 0.186 e. The normalized spacial score (nSPS) is 10.6. The maximum atomic E-state index is 11.0. The minimum atomic E-state index is 0.364. The molecule has 0 aliphatic heterocycles. The number of nitrogens with zero attached hydrogens (tertiary/aromatic N) is 2. The van der Waals surface area contributed by atoms with Crippen molar-refractivity contribution in [2.45, 2.75) is 20.1 Å². The van der Waals surface area contributed by atoms with Crippen molar-refractivity contribution in [3.63, 3.8) is 0 Å². The molecule has 0 N–H and O–H groups in total. The highest BCUT2D eigenvalue weighted by Crippen LogP contribution is 2.26. The number of methoxy groups -OCH3 is 1. The molecule has 0 saturated carbocycles. The number of ether oxygens (including phenoxy) is 1. The Morgan fingerprint density at radius 2 is 2.25 bits per heavy atom. The number of thiazole rings is 1. The van der Waals surface area contributed by atoms with Crippen LogP contribution in [0.3, 0.4) is 0 Å². The van der Waals surface area contributed by atoms with Crippen LogP contribution in [0.5, 0.6) is 0 Å². The predicted octanol–water partition coefficient (Wildman–Crippen LogP) is 3.05. The molecule has 0 aliphatic carbocycles. The van der Waals surface area contributed by atoms with Crippen molar-refractivity contribution in [3.8, 4) is 0 Å². The van der Waals surface area contributed by atoms with E-state index in [1.54, 1.807) is 7.11 Å². The van der Waals surface area contributed by atoms with Gasteiger partial charge in [-0.1, -0.05) is 41.2 Å². The number of rotatable bonds is 6. The maximum absolute atomic E-state index is 11.0. The second-order valence-electron chi connectivity index (χ2n) is 4.70. The van der Waals surface area contributed by atoms with Crippen LogP contribution in [0.1, 0.15) is 26.5 Å². The Kier molecular flexibility index (Phi) is 4.87. The number of carbonyl (C=O) groups excluding carboxylic acids is 1. The van der Waals surface area contributed by atoms with E-state index in [2.05, 4.69) is 30.1 Å². The lowest BCUT2D eigenvalue weighted by atomic mass is 10.1. The second-order valence-corrected chi connectivity index (χ2v) is 5.71. The first kappa shape index (κ1) is 14.7. The molecule has 2 aromatic rings. The fourth-order valence-corrected chi connectivity index (χ4v) is 2.84. The topological polar surface area (TPSA) is 42.4 Å². The van der Waals surface area contributed by atoms with Crippen LogP contribution >= 0.6 is 11.3 Å². The van der Waals surface area contributed by atoms with Gasteiger partial charge in [0.1, 0.15) is 0 Å². The molecule has 5 heteroatoms. The lowest BCUT2D eigenvalue weighted by Crippen LogP contribution is -2.16. The molecule has 20 heavy (non-hydrogen) atoms. The van der Waals surface area contributed by atoms with E-state index in [4.69, 9.17) is 4.74 Å². The summed E-state index contributed by atoms with van der Waals surface area (Å²) in [5, 5.41) is 0.834. The van der Waals surface area contributed by atoms with E-state index >= 15 is 0 Å². The summed E-state index contributed by atoms with van der Waals surface area (Å²) in [6.07, 6.45) is 0.843. The molecule has 1 heterocycles. The molecule has 1 aromatic carbocycles. The molecule has 0 bridgehead atoms. The fraction of sp³-hybridized carbons (Fsp3) is 0.333. The standard InChI is InChI=1S/C15H18N2O2S/c1-11-5-4-6-12(7-11)8-17(2)15-16-13(10-19-3)14(9-18)20-15/h4-7,9H,8,10H2,1-3H3. The van der Waals surface area contributed by atoms with Crippen molar-refractivity contribution >= 4 is 22.8 Å². The van der Waals surface area contributed by atoms with Crippen molar-refractivity contribution in [3.05, 3.63) is 46.0 Å². The first-order chi connectivity index (χ1) is 9.63. The molecular weight excluding hydrogens is 272 g/mol. The van der Waals surface area contributed by atoms with Gasteiger partial charge < -0.3 is 9.64 Å². The largest absolute Gasteiger partial charge is 0.378 e. The van der Waals surface area contributed by atoms with Crippen molar-refractivity contribution < 1.29 is 9.53 Å². The summed E-state index contributed by atoms with van der Waals surface area (Å²) < 4.78 is 5.06. The van der Waals surface area contributed by atoms with Crippen LogP contribution in [-0.4, -0.2) is 25.4 Å². The van der Waals surface area contributed by atoms with Gasteiger partial charge in [-0.2, -0.15) is 0 Å². The summed E-state index contributed by atoms with van der Waals surface area (Å²) in [4.78, 5) is 18.2. The highest BCUT2D eigenvalue weighted by Gasteiger charge is 2.13. The summed E-state index contributed by atoms with van der Waals surface area (Å²) in [7, 11) is 3.58. The molecule has 0 fully saturated rings. The molecule has 0 atom stereocenters. The molecule has 0 spiro atoms. The van der Waals surface area contributed by atoms with Gasteiger partial charge in [-0.05, 0) is 12.5 Å². The monoisotopic (exact) mass is 290 g/mol. The number of carbonyl (C=O) groups is 1. The molecule has 0 unspecified atom stereocenters. The molecule has 2 rings (SSSR count). The summed E-state index contributed by atoms with van der Waals surface area (Å²) in [6.45, 7) is 3.21. The molecule has 0 saturated heterocycles. The van der Waals surface area contributed by atoms with E-state index in [-0.39, 0.29) is 0 Å². The number of aryl methyl sites for hydroxylation is 1. The molecule has 0 radical (unpaired) electrons. The van der Waals surface area contributed by atoms with Gasteiger partial charge in [0.25, 0.3) is 0 Å². The summed E-state index contributed by atoms with van der Waals surface area (Å²) >= 11 is 1.40. The Hall–Kier alpha value is -1.72. The SMILES string of the molecule is COCc1nc(N(C)Cc2cccc(C)c2)sc1C=O. The Labute approximate surface area is 123 Å². The summed E-state index contributed by atoms with van der Waals surface area (Å²) in [5.74, 6) is 0. The van der Waals surface area contributed by atoms with Crippen molar-refractivity contribution in [2.24, 2.45) is 0 Å². The third-order valence-electron chi connectivity index (χ3n) is 2.93. The average molecular weight is 290 g/mol. The van der Waals surface area contributed by atoms with Crippen LogP contribution in [0.15, 0.2) is 24.3 Å². The third kappa shape index (κ3) is 3.43. The molecular formula is C15H18N2O2S. The zero-order valence-electron chi connectivity index (χ0n) is 11.9. The first-order valence-electron chi connectivity index (χ1n) is 6.34. The van der Waals surface area contributed by atoms with Gasteiger partial charge in [-0.15, -0.1) is 0 Å². The van der Waals surface area contributed by atoms with Crippen molar-refractivity contribution in [1.29, 1.82) is 0 Å². The van der Waals surface area contributed by atoms with Crippen molar-refractivity contribution in [2.75, 3.05) is 19.1 Å².